The lowest BCUT2D eigenvalue weighted by Crippen LogP contribution is -2.43. The molecule has 31 heavy (non-hydrogen) atoms. The molecule has 0 aliphatic heterocycles. The Morgan fingerprint density at radius 1 is 1.00 bits per heavy atom. The quantitative estimate of drug-likeness (QED) is 0.454. The molecule has 2 rings (SSSR count). The number of aliphatic imine (C=N–C) groups is 1. The molecular formula is C20H22N4O6S. The number of nitrogens with zero attached hydrogens (tertiary/aromatic N) is 1. The zero-order chi connectivity index (χ0) is 27.6. The number of nitrogens with one attached hydrogen (secondary N) is 3. The van der Waals surface area contributed by atoms with Crippen molar-refractivity contribution in [2.24, 2.45) is 4.99 Å². The van der Waals surface area contributed by atoms with Gasteiger partial charge in [-0.1, -0.05) is 30.0 Å². The third-order valence-corrected chi connectivity index (χ3v) is 4.35. The second kappa shape index (κ2) is 12.2. The molecule has 11 heteroatoms. The summed E-state index contributed by atoms with van der Waals surface area (Å²) < 4.78 is 55.3. The summed E-state index contributed by atoms with van der Waals surface area (Å²) in [5.74, 6) is -1.29. The van der Waals surface area contributed by atoms with Gasteiger partial charge in [0.05, 0.1) is 33.7 Å². The Labute approximate surface area is 191 Å². The highest BCUT2D eigenvalue weighted by atomic mass is 32.2. The summed E-state index contributed by atoms with van der Waals surface area (Å²) in [6.07, 6.45) is -3.07. The van der Waals surface area contributed by atoms with Crippen molar-refractivity contribution in [3.05, 3.63) is 48.5 Å². The first kappa shape index (κ1) is 16.2. The zero-order valence-corrected chi connectivity index (χ0v) is 16.9. The van der Waals surface area contributed by atoms with Crippen molar-refractivity contribution >= 4 is 47.2 Å². The van der Waals surface area contributed by atoms with Gasteiger partial charge in [-0.3, -0.25) is 15.4 Å². The molecule has 0 bridgehead atoms. The molecule has 0 fully saturated rings. The van der Waals surface area contributed by atoms with E-state index in [1.54, 1.807) is 12.1 Å². The van der Waals surface area contributed by atoms with Gasteiger partial charge in [-0.15, -0.1) is 0 Å². The molecule has 2 aromatic carbocycles. The fourth-order valence-corrected chi connectivity index (χ4v) is 3.05. The normalized spacial score (nSPS) is 13.6. The van der Waals surface area contributed by atoms with Crippen molar-refractivity contribution in [3.63, 3.8) is 0 Å². The van der Waals surface area contributed by atoms with E-state index in [1.165, 1.54) is 24.9 Å². The monoisotopic (exact) mass is 452 g/mol. The van der Waals surface area contributed by atoms with Gasteiger partial charge in [0.25, 0.3) is 0 Å². The summed E-state index contributed by atoms with van der Waals surface area (Å²) in [4.78, 5) is 41.7. The molecule has 2 aromatic rings. The number of carbonyl (C=O) groups excluding carboxylic acids is 3. The van der Waals surface area contributed by atoms with Crippen LogP contribution < -0.4 is 16.0 Å². The Morgan fingerprint density at radius 3 is 2.29 bits per heavy atom. The molecule has 0 saturated heterocycles. The standard InChI is InChI=1S/C20H22N4O6S/c1-28-12-17(25)21-16-11-14(31-13-7-5-4-6-8-13)9-10-15(16)22-18(23-19(26)29-2)24-20(27)30-3/h4-11H,12H2,1-3H3,(H,21,25)(H2,22,23,24,26,27)/i2D3,3D3. The number of carbonyl (C=O) groups is 3. The maximum absolute atomic E-state index is 12.2. The lowest BCUT2D eigenvalue weighted by Gasteiger charge is -2.13. The van der Waals surface area contributed by atoms with Gasteiger partial charge in [0.1, 0.15) is 6.61 Å². The minimum Gasteiger partial charge on any atom is -0.453 e. The Kier molecular flexibility index (Phi) is 6.36. The van der Waals surface area contributed by atoms with E-state index in [0.717, 1.165) is 4.90 Å². The lowest BCUT2D eigenvalue weighted by molar-refractivity contribution is -0.119. The molecule has 0 unspecified atom stereocenters. The van der Waals surface area contributed by atoms with E-state index in [-0.39, 0.29) is 18.0 Å². The molecule has 3 N–H and O–H groups in total. The summed E-state index contributed by atoms with van der Waals surface area (Å²) in [5.41, 5.74) is 0.109. The largest absolute Gasteiger partial charge is 0.453 e. The van der Waals surface area contributed by atoms with Crippen molar-refractivity contribution in [2.75, 3.05) is 33.1 Å². The minimum atomic E-state index is -3.12. The van der Waals surface area contributed by atoms with Crippen LogP contribution in [0.25, 0.3) is 0 Å². The van der Waals surface area contributed by atoms with Crippen LogP contribution in [0.2, 0.25) is 0 Å². The minimum absolute atomic E-state index is 0.0137. The molecule has 0 spiro atoms. The first-order valence-corrected chi connectivity index (χ1v) is 9.30. The topological polar surface area (TPSA) is 127 Å². The molecule has 0 aliphatic rings. The highest BCUT2D eigenvalue weighted by Crippen LogP contribution is 2.34. The van der Waals surface area contributed by atoms with Gasteiger partial charge in [-0.2, -0.15) is 0 Å². The summed E-state index contributed by atoms with van der Waals surface area (Å²) in [5, 5.41) is 6.35. The molecular weight excluding hydrogens is 424 g/mol. The van der Waals surface area contributed by atoms with Crippen LogP contribution in [-0.4, -0.2) is 51.8 Å². The summed E-state index contributed by atoms with van der Waals surface area (Å²) in [6.45, 7) is -0.293. The van der Waals surface area contributed by atoms with Crippen LogP contribution in [0.4, 0.5) is 21.0 Å². The number of alkyl carbamates (subject to hydrolysis) is 2. The molecule has 3 amide bonds. The summed E-state index contributed by atoms with van der Waals surface area (Å²) in [6, 6.07) is 13.9. The predicted molar refractivity (Wildman–Crippen MR) is 116 cm³/mol. The second-order valence-electron chi connectivity index (χ2n) is 5.56. The van der Waals surface area contributed by atoms with Gasteiger partial charge in [-0.25, -0.2) is 14.6 Å². The van der Waals surface area contributed by atoms with E-state index in [2.05, 4.69) is 19.8 Å². The summed E-state index contributed by atoms with van der Waals surface area (Å²) >= 11 is 1.37. The van der Waals surface area contributed by atoms with Crippen LogP contribution in [-0.2, 0) is 19.0 Å². The van der Waals surface area contributed by atoms with Gasteiger partial charge in [-0.05, 0) is 30.3 Å². The number of methoxy groups -OCH3 is 3. The molecule has 0 radical (unpaired) electrons. The highest BCUT2D eigenvalue weighted by Gasteiger charge is 2.14. The SMILES string of the molecule is [2H]C([2H])([2H])OC(=O)NC(=Nc1ccc(Sc2ccccc2)cc1NC(=O)COC)NC(=O)OC([2H])([2H])[2H]. The van der Waals surface area contributed by atoms with E-state index in [0.29, 0.717) is 4.90 Å². The number of hydrogen-bond acceptors (Lipinski definition) is 8. The predicted octanol–water partition coefficient (Wildman–Crippen LogP) is 3.12. The zero-order valence-electron chi connectivity index (χ0n) is 22.1. The highest BCUT2D eigenvalue weighted by molar-refractivity contribution is 7.99. The maximum atomic E-state index is 12.2. The Balaban J connectivity index is 2.44. The van der Waals surface area contributed by atoms with E-state index in [1.807, 2.05) is 41.0 Å². The molecule has 0 aliphatic carbocycles. The van der Waals surface area contributed by atoms with E-state index < -0.39 is 38.1 Å². The Bertz CT molecular complexity index is 1110. The molecule has 0 saturated carbocycles. The van der Waals surface area contributed by atoms with Crippen molar-refractivity contribution in [1.82, 2.24) is 10.6 Å². The fourth-order valence-electron chi connectivity index (χ4n) is 2.17. The Morgan fingerprint density at radius 2 is 1.68 bits per heavy atom. The van der Waals surface area contributed by atoms with Crippen LogP contribution >= 0.6 is 11.8 Å². The van der Waals surface area contributed by atoms with Crippen molar-refractivity contribution in [2.45, 2.75) is 9.79 Å². The van der Waals surface area contributed by atoms with Crippen LogP contribution in [0.1, 0.15) is 8.22 Å². The van der Waals surface area contributed by atoms with E-state index in [4.69, 9.17) is 13.0 Å². The number of hydrogen-bond donors (Lipinski definition) is 3. The van der Waals surface area contributed by atoms with Crippen molar-refractivity contribution in [3.8, 4) is 0 Å². The lowest BCUT2D eigenvalue weighted by atomic mass is 10.2. The number of rotatable bonds is 6. The van der Waals surface area contributed by atoms with Gasteiger partial charge in [0, 0.05) is 16.9 Å². The molecule has 0 atom stereocenters. The van der Waals surface area contributed by atoms with Gasteiger partial charge < -0.3 is 19.5 Å². The smallest absolute Gasteiger partial charge is 0.413 e. The average molecular weight is 453 g/mol. The van der Waals surface area contributed by atoms with E-state index in [9.17, 15) is 14.4 Å². The van der Waals surface area contributed by atoms with Crippen LogP contribution in [0, 0.1) is 0 Å². The average Bonchev–Trinajstić information content (AvgIpc) is 2.73. The van der Waals surface area contributed by atoms with Crippen LogP contribution in [0.5, 0.6) is 0 Å². The second-order valence-corrected chi connectivity index (χ2v) is 6.71. The third-order valence-electron chi connectivity index (χ3n) is 3.36. The number of ether oxygens (including phenoxy) is 3. The molecule has 0 heterocycles. The van der Waals surface area contributed by atoms with Crippen molar-refractivity contribution in [1.29, 1.82) is 0 Å². The molecule has 164 valence electrons. The number of amides is 3. The van der Waals surface area contributed by atoms with Crippen LogP contribution in [0.3, 0.4) is 0 Å². The van der Waals surface area contributed by atoms with Crippen LogP contribution in [0.15, 0.2) is 63.3 Å². The number of anilines is 1. The number of benzene rings is 2. The van der Waals surface area contributed by atoms with Gasteiger partial charge >= 0.3 is 12.2 Å². The molecule has 10 nitrogen and oxygen atoms in total. The molecule has 0 aromatic heterocycles. The third kappa shape index (κ3) is 7.99. The summed E-state index contributed by atoms with van der Waals surface area (Å²) in [7, 11) is -4.92. The van der Waals surface area contributed by atoms with Gasteiger partial charge in [0.15, 0.2) is 0 Å². The fraction of sp³-hybridized carbons (Fsp3) is 0.200. The van der Waals surface area contributed by atoms with E-state index >= 15 is 0 Å². The Hall–Kier alpha value is -3.57. The maximum Gasteiger partial charge on any atom is 0.413 e. The van der Waals surface area contributed by atoms with Crippen molar-refractivity contribution < 1.29 is 36.8 Å². The number of guanidine groups is 1. The first-order valence-electron chi connectivity index (χ1n) is 11.5. The van der Waals surface area contributed by atoms with Gasteiger partial charge in [0.2, 0.25) is 11.9 Å². The first-order chi connectivity index (χ1) is 17.2.